The molecule has 1 amide bonds. The van der Waals surface area contributed by atoms with Crippen LogP contribution in [0.4, 0.5) is 0 Å². The number of carbonyl (C=O) groups excluding carboxylic acids is 2. The number of methoxy groups -OCH3 is 1. The van der Waals surface area contributed by atoms with Crippen molar-refractivity contribution in [2.45, 2.75) is 25.8 Å². The molecule has 122 valence electrons. The number of likely N-dealkylation sites (tertiary alicyclic amines) is 1. The van der Waals surface area contributed by atoms with E-state index < -0.39 is 0 Å². The van der Waals surface area contributed by atoms with Crippen molar-refractivity contribution in [2.75, 3.05) is 20.2 Å². The first-order valence-electron chi connectivity index (χ1n) is 8.06. The number of rotatable bonds is 4. The molecule has 0 radical (unpaired) electrons. The first kappa shape index (κ1) is 15.6. The summed E-state index contributed by atoms with van der Waals surface area (Å²) in [5.41, 5.74) is 1.08. The van der Waals surface area contributed by atoms with E-state index in [4.69, 9.17) is 4.74 Å². The van der Waals surface area contributed by atoms with Crippen molar-refractivity contribution in [3.05, 3.63) is 36.5 Å². The molecule has 1 saturated heterocycles. The maximum Gasteiger partial charge on any atom is 0.305 e. The van der Waals surface area contributed by atoms with Crippen LogP contribution in [0.1, 0.15) is 19.3 Å². The molecule has 1 aromatic heterocycles. The SMILES string of the molecule is COC(=O)CC1CCN(C(=O)Cn2ccc3ccccc32)CC1. The summed E-state index contributed by atoms with van der Waals surface area (Å²) in [5.74, 6) is 0.315. The van der Waals surface area contributed by atoms with Crippen molar-refractivity contribution in [3.63, 3.8) is 0 Å². The number of hydrogen-bond donors (Lipinski definition) is 0. The highest BCUT2D eigenvalue weighted by atomic mass is 16.5. The standard InChI is InChI=1S/C18H22N2O3/c1-23-18(22)12-14-6-9-19(10-7-14)17(21)13-20-11-8-15-4-2-3-5-16(15)20/h2-5,8,11,14H,6-7,9-10,12-13H2,1H3. The monoisotopic (exact) mass is 314 g/mol. The van der Waals surface area contributed by atoms with Gasteiger partial charge in [-0.15, -0.1) is 0 Å². The van der Waals surface area contributed by atoms with E-state index in [1.165, 1.54) is 7.11 Å². The lowest BCUT2D eigenvalue weighted by molar-refractivity contribution is -0.142. The van der Waals surface area contributed by atoms with Gasteiger partial charge >= 0.3 is 5.97 Å². The summed E-state index contributed by atoms with van der Waals surface area (Å²) in [6, 6.07) is 10.1. The molecule has 5 heteroatoms. The van der Waals surface area contributed by atoms with E-state index in [9.17, 15) is 9.59 Å². The Kier molecular flexibility index (Phi) is 4.65. The van der Waals surface area contributed by atoms with E-state index in [2.05, 4.69) is 6.07 Å². The van der Waals surface area contributed by atoms with Crippen molar-refractivity contribution in [2.24, 2.45) is 5.92 Å². The summed E-state index contributed by atoms with van der Waals surface area (Å²) >= 11 is 0. The number of piperidine rings is 1. The minimum atomic E-state index is -0.159. The molecular formula is C18H22N2O3. The van der Waals surface area contributed by atoms with Crippen LogP contribution in [0.25, 0.3) is 10.9 Å². The van der Waals surface area contributed by atoms with Crippen molar-refractivity contribution in [1.29, 1.82) is 0 Å². The zero-order valence-corrected chi connectivity index (χ0v) is 13.4. The molecule has 1 aromatic carbocycles. The molecule has 0 aliphatic carbocycles. The quantitative estimate of drug-likeness (QED) is 0.815. The van der Waals surface area contributed by atoms with Gasteiger partial charge in [0.05, 0.1) is 7.11 Å². The Bertz CT molecular complexity index is 699. The van der Waals surface area contributed by atoms with Crippen LogP contribution in [0.3, 0.4) is 0 Å². The van der Waals surface area contributed by atoms with Crippen LogP contribution in [-0.2, 0) is 20.9 Å². The number of aromatic nitrogens is 1. The van der Waals surface area contributed by atoms with Gasteiger partial charge in [0.2, 0.25) is 5.91 Å². The summed E-state index contributed by atoms with van der Waals surface area (Å²) < 4.78 is 6.71. The van der Waals surface area contributed by atoms with E-state index in [1.54, 1.807) is 0 Å². The van der Waals surface area contributed by atoms with E-state index in [-0.39, 0.29) is 11.9 Å². The summed E-state index contributed by atoms with van der Waals surface area (Å²) in [6.45, 7) is 1.81. The summed E-state index contributed by atoms with van der Waals surface area (Å²) in [7, 11) is 1.42. The molecule has 0 saturated carbocycles. The Labute approximate surface area is 135 Å². The number of nitrogens with zero attached hydrogens (tertiary/aromatic N) is 2. The largest absolute Gasteiger partial charge is 0.469 e. The second-order valence-corrected chi connectivity index (χ2v) is 6.11. The number of carbonyl (C=O) groups is 2. The Balaban J connectivity index is 1.57. The Hall–Kier alpha value is -2.30. The van der Waals surface area contributed by atoms with Gasteiger partial charge in [0.25, 0.3) is 0 Å². The van der Waals surface area contributed by atoms with Crippen LogP contribution in [0, 0.1) is 5.92 Å². The number of hydrogen-bond acceptors (Lipinski definition) is 3. The van der Waals surface area contributed by atoms with Gasteiger partial charge in [-0.05, 0) is 36.3 Å². The fraction of sp³-hybridized carbons (Fsp3) is 0.444. The number of amides is 1. The zero-order chi connectivity index (χ0) is 16.2. The summed E-state index contributed by atoms with van der Waals surface area (Å²) in [5, 5.41) is 1.15. The smallest absolute Gasteiger partial charge is 0.305 e. The molecule has 0 atom stereocenters. The third-order valence-corrected chi connectivity index (χ3v) is 4.64. The third-order valence-electron chi connectivity index (χ3n) is 4.64. The Morgan fingerprint density at radius 1 is 1.17 bits per heavy atom. The molecule has 5 nitrogen and oxygen atoms in total. The van der Waals surface area contributed by atoms with Gasteiger partial charge in [-0.1, -0.05) is 18.2 Å². The predicted molar refractivity (Wildman–Crippen MR) is 87.9 cm³/mol. The van der Waals surface area contributed by atoms with Gasteiger partial charge in [-0.2, -0.15) is 0 Å². The second-order valence-electron chi connectivity index (χ2n) is 6.11. The number of esters is 1. The van der Waals surface area contributed by atoms with Crippen molar-refractivity contribution in [1.82, 2.24) is 9.47 Å². The topological polar surface area (TPSA) is 51.5 Å². The number of benzene rings is 1. The molecular weight excluding hydrogens is 292 g/mol. The highest BCUT2D eigenvalue weighted by Crippen LogP contribution is 2.22. The van der Waals surface area contributed by atoms with Crippen LogP contribution in [0.15, 0.2) is 36.5 Å². The average molecular weight is 314 g/mol. The Morgan fingerprint density at radius 2 is 1.91 bits per heavy atom. The molecule has 1 aliphatic rings. The van der Waals surface area contributed by atoms with E-state index in [0.717, 1.165) is 36.8 Å². The molecule has 23 heavy (non-hydrogen) atoms. The fourth-order valence-corrected chi connectivity index (χ4v) is 3.23. The van der Waals surface area contributed by atoms with E-state index >= 15 is 0 Å². The lowest BCUT2D eigenvalue weighted by Gasteiger charge is -2.31. The van der Waals surface area contributed by atoms with Crippen molar-refractivity contribution >= 4 is 22.8 Å². The van der Waals surface area contributed by atoms with E-state index in [0.29, 0.717) is 18.9 Å². The Morgan fingerprint density at radius 3 is 2.65 bits per heavy atom. The molecule has 0 bridgehead atoms. The highest BCUT2D eigenvalue weighted by molar-refractivity contribution is 5.83. The van der Waals surface area contributed by atoms with E-state index in [1.807, 2.05) is 39.9 Å². The van der Waals surface area contributed by atoms with Gasteiger partial charge < -0.3 is 14.2 Å². The number of para-hydroxylation sites is 1. The van der Waals surface area contributed by atoms with Gasteiger partial charge in [0.1, 0.15) is 6.54 Å². The lowest BCUT2D eigenvalue weighted by Crippen LogP contribution is -2.40. The average Bonchev–Trinajstić information content (AvgIpc) is 2.98. The zero-order valence-electron chi connectivity index (χ0n) is 13.4. The van der Waals surface area contributed by atoms with Crippen molar-refractivity contribution in [3.8, 4) is 0 Å². The lowest BCUT2D eigenvalue weighted by atomic mass is 9.93. The number of fused-ring (bicyclic) bond motifs is 1. The van der Waals surface area contributed by atoms with Gasteiger partial charge in [-0.3, -0.25) is 9.59 Å². The molecule has 2 heterocycles. The van der Waals surface area contributed by atoms with Gasteiger partial charge in [0.15, 0.2) is 0 Å². The van der Waals surface area contributed by atoms with Gasteiger partial charge in [0, 0.05) is 31.2 Å². The van der Waals surface area contributed by atoms with Crippen LogP contribution in [0.5, 0.6) is 0 Å². The maximum atomic E-state index is 12.5. The highest BCUT2D eigenvalue weighted by Gasteiger charge is 2.24. The first-order valence-corrected chi connectivity index (χ1v) is 8.06. The fourth-order valence-electron chi connectivity index (χ4n) is 3.23. The maximum absolute atomic E-state index is 12.5. The van der Waals surface area contributed by atoms with Crippen LogP contribution in [-0.4, -0.2) is 41.5 Å². The first-order chi connectivity index (χ1) is 11.2. The molecule has 1 aliphatic heterocycles. The minimum Gasteiger partial charge on any atom is -0.469 e. The predicted octanol–water partition coefficient (Wildman–Crippen LogP) is 2.44. The normalized spacial score (nSPS) is 15.8. The van der Waals surface area contributed by atoms with Crippen LogP contribution in [0.2, 0.25) is 0 Å². The molecule has 0 N–H and O–H groups in total. The van der Waals surface area contributed by atoms with Gasteiger partial charge in [-0.25, -0.2) is 0 Å². The summed E-state index contributed by atoms with van der Waals surface area (Å²) in [4.78, 5) is 25.7. The second kappa shape index (κ2) is 6.86. The molecule has 3 rings (SSSR count). The number of ether oxygens (including phenoxy) is 1. The minimum absolute atomic E-state index is 0.142. The molecule has 0 unspecified atom stereocenters. The summed E-state index contributed by atoms with van der Waals surface area (Å²) in [6.07, 6.45) is 4.16. The van der Waals surface area contributed by atoms with Crippen LogP contribution >= 0.6 is 0 Å². The van der Waals surface area contributed by atoms with Crippen molar-refractivity contribution < 1.29 is 14.3 Å². The molecule has 1 fully saturated rings. The van der Waals surface area contributed by atoms with Crippen LogP contribution < -0.4 is 0 Å². The molecule has 2 aromatic rings. The third kappa shape index (κ3) is 3.55. The molecule has 0 spiro atoms.